The van der Waals surface area contributed by atoms with Gasteiger partial charge in [-0.1, -0.05) is 24.3 Å². The fraction of sp³-hybridized carbons (Fsp3) is 0.133. The zero-order valence-corrected chi connectivity index (χ0v) is 10.4. The highest BCUT2D eigenvalue weighted by Gasteiger charge is 2.05. The standard InChI is InChI=1S/C15H15FN2O/c16-14-3-1-2-12(8-14)10-18-15(19)13-6-4-11(9-17)5-7-13/h1-8H,9-10,17H2,(H,18,19). The number of halogens is 1. The van der Waals surface area contributed by atoms with Gasteiger partial charge in [-0.05, 0) is 35.4 Å². The van der Waals surface area contributed by atoms with Crippen LogP contribution in [0.4, 0.5) is 4.39 Å². The summed E-state index contributed by atoms with van der Waals surface area (Å²) in [5.41, 5.74) is 7.75. The first kappa shape index (κ1) is 13.2. The summed E-state index contributed by atoms with van der Waals surface area (Å²) < 4.78 is 13.0. The molecular formula is C15H15FN2O. The molecule has 0 saturated carbocycles. The van der Waals surface area contributed by atoms with Crippen LogP contribution in [0.15, 0.2) is 48.5 Å². The van der Waals surface area contributed by atoms with Gasteiger partial charge < -0.3 is 11.1 Å². The maximum absolute atomic E-state index is 13.0. The zero-order valence-electron chi connectivity index (χ0n) is 10.4. The first-order chi connectivity index (χ1) is 9.19. The fourth-order valence-electron chi connectivity index (χ4n) is 1.72. The molecule has 2 aromatic carbocycles. The zero-order chi connectivity index (χ0) is 13.7. The van der Waals surface area contributed by atoms with E-state index in [-0.39, 0.29) is 11.7 Å². The Morgan fingerprint density at radius 2 is 1.84 bits per heavy atom. The van der Waals surface area contributed by atoms with Crippen LogP contribution in [0, 0.1) is 5.82 Å². The first-order valence-corrected chi connectivity index (χ1v) is 6.00. The smallest absolute Gasteiger partial charge is 0.251 e. The molecule has 3 N–H and O–H groups in total. The molecule has 0 aliphatic rings. The van der Waals surface area contributed by atoms with Crippen LogP contribution in [0.1, 0.15) is 21.5 Å². The Morgan fingerprint density at radius 1 is 1.11 bits per heavy atom. The molecule has 0 spiro atoms. The number of carbonyl (C=O) groups is 1. The maximum atomic E-state index is 13.0. The van der Waals surface area contributed by atoms with E-state index in [4.69, 9.17) is 5.73 Å². The number of hydrogen-bond donors (Lipinski definition) is 2. The molecule has 0 radical (unpaired) electrons. The Kier molecular flexibility index (Phi) is 4.26. The number of hydrogen-bond acceptors (Lipinski definition) is 2. The van der Waals surface area contributed by atoms with E-state index in [0.717, 1.165) is 11.1 Å². The van der Waals surface area contributed by atoms with E-state index in [1.807, 2.05) is 12.1 Å². The van der Waals surface area contributed by atoms with Crippen LogP contribution in [-0.4, -0.2) is 5.91 Å². The molecule has 1 amide bonds. The monoisotopic (exact) mass is 258 g/mol. The molecule has 2 aromatic rings. The van der Waals surface area contributed by atoms with Crippen molar-refractivity contribution < 1.29 is 9.18 Å². The number of nitrogens with two attached hydrogens (primary N) is 1. The summed E-state index contributed by atoms with van der Waals surface area (Å²) in [5.74, 6) is -0.494. The molecule has 0 fully saturated rings. The highest BCUT2D eigenvalue weighted by molar-refractivity contribution is 5.94. The molecule has 3 nitrogen and oxygen atoms in total. The van der Waals surface area contributed by atoms with E-state index in [1.165, 1.54) is 12.1 Å². The third-order valence-corrected chi connectivity index (χ3v) is 2.79. The Balaban J connectivity index is 1.97. The van der Waals surface area contributed by atoms with E-state index < -0.39 is 0 Å². The normalized spacial score (nSPS) is 10.2. The van der Waals surface area contributed by atoms with Crippen molar-refractivity contribution in [2.45, 2.75) is 13.1 Å². The number of rotatable bonds is 4. The topological polar surface area (TPSA) is 55.1 Å². The van der Waals surface area contributed by atoms with Crippen LogP contribution in [0.3, 0.4) is 0 Å². The fourth-order valence-corrected chi connectivity index (χ4v) is 1.72. The lowest BCUT2D eigenvalue weighted by atomic mass is 10.1. The van der Waals surface area contributed by atoms with Crippen molar-refractivity contribution in [3.63, 3.8) is 0 Å². The summed E-state index contributed by atoms with van der Waals surface area (Å²) >= 11 is 0. The van der Waals surface area contributed by atoms with Gasteiger partial charge in [0.15, 0.2) is 0 Å². The molecule has 0 atom stereocenters. The average molecular weight is 258 g/mol. The van der Waals surface area contributed by atoms with Crippen molar-refractivity contribution >= 4 is 5.91 Å². The predicted octanol–water partition coefficient (Wildman–Crippen LogP) is 2.21. The minimum atomic E-state index is -0.306. The lowest BCUT2D eigenvalue weighted by molar-refractivity contribution is 0.0951. The average Bonchev–Trinajstić information content (AvgIpc) is 2.45. The molecule has 0 aliphatic carbocycles. The van der Waals surface area contributed by atoms with Gasteiger partial charge in [0.2, 0.25) is 0 Å². The van der Waals surface area contributed by atoms with Gasteiger partial charge in [-0.2, -0.15) is 0 Å². The van der Waals surface area contributed by atoms with Crippen LogP contribution in [0.2, 0.25) is 0 Å². The van der Waals surface area contributed by atoms with Crippen LogP contribution < -0.4 is 11.1 Å². The number of amides is 1. The molecule has 4 heteroatoms. The summed E-state index contributed by atoms with van der Waals surface area (Å²) in [5, 5.41) is 2.74. The number of benzene rings is 2. The second-order valence-corrected chi connectivity index (χ2v) is 4.21. The molecule has 19 heavy (non-hydrogen) atoms. The van der Waals surface area contributed by atoms with Crippen LogP contribution in [-0.2, 0) is 13.1 Å². The van der Waals surface area contributed by atoms with Crippen LogP contribution in [0.25, 0.3) is 0 Å². The highest BCUT2D eigenvalue weighted by atomic mass is 19.1. The van der Waals surface area contributed by atoms with Crippen molar-refractivity contribution in [1.82, 2.24) is 5.32 Å². The quantitative estimate of drug-likeness (QED) is 0.883. The molecular weight excluding hydrogens is 243 g/mol. The second-order valence-electron chi connectivity index (χ2n) is 4.21. The molecule has 0 heterocycles. The Morgan fingerprint density at radius 3 is 2.47 bits per heavy atom. The molecule has 0 unspecified atom stereocenters. The largest absolute Gasteiger partial charge is 0.348 e. The summed E-state index contributed by atoms with van der Waals surface area (Å²) in [4.78, 5) is 11.9. The van der Waals surface area contributed by atoms with E-state index in [0.29, 0.717) is 18.7 Å². The van der Waals surface area contributed by atoms with Gasteiger partial charge in [-0.3, -0.25) is 4.79 Å². The third kappa shape index (κ3) is 3.63. The predicted molar refractivity (Wildman–Crippen MR) is 71.9 cm³/mol. The molecule has 0 saturated heterocycles. The van der Waals surface area contributed by atoms with E-state index in [2.05, 4.69) is 5.32 Å². The minimum Gasteiger partial charge on any atom is -0.348 e. The van der Waals surface area contributed by atoms with Crippen molar-refractivity contribution in [3.8, 4) is 0 Å². The lowest BCUT2D eigenvalue weighted by Gasteiger charge is -2.06. The van der Waals surface area contributed by atoms with Gasteiger partial charge >= 0.3 is 0 Å². The molecule has 0 aromatic heterocycles. The van der Waals surface area contributed by atoms with Crippen LogP contribution in [0.5, 0.6) is 0 Å². The molecule has 2 rings (SSSR count). The van der Waals surface area contributed by atoms with Crippen molar-refractivity contribution in [3.05, 3.63) is 71.0 Å². The SMILES string of the molecule is NCc1ccc(C(=O)NCc2cccc(F)c2)cc1. The number of nitrogens with one attached hydrogen (secondary N) is 1. The Labute approximate surface area is 111 Å². The van der Waals surface area contributed by atoms with Gasteiger partial charge in [-0.15, -0.1) is 0 Å². The molecule has 98 valence electrons. The molecule has 0 aliphatic heterocycles. The van der Waals surface area contributed by atoms with Crippen molar-refractivity contribution in [2.24, 2.45) is 5.73 Å². The van der Waals surface area contributed by atoms with E-state index >= 15 is 0 Å². The van der Waals surface area contributed by atoms with E-state index in [9.17, 15) is 9.18 Å². The highest BCUT2D eigenvalue weighted by Crippen LogP contribution is 2.06. The Hall–Kier alpha value is -2.20. The van der Waals surface area contributed by atoms with Gasteiger partial charge in [0.25, 0.3) is 5.91 Å². The summed E-state index contributed by atoms with van der Waals surface area (Å²) in [6, 6.07) is 13.2. The number of carbonyl (C=O) groups excluding carboxylic acids is 1. The van der Waals surface area contributed by atoms with Gasteiger partial charge in [-0.25, -0.2) is 4.39 Å². The minimum absolute atomic E-state index is 0.187. The maximum Gasteiger partial charge on any atom is 0.251 e. The summed E-state index contributed by atoms with van der Waals surface area (Å²) in [7, 11) is 0. The third-order valence-electron chi connectivity index (χ3n) is 2.79. The van der Waals surface area contributed by atoms with E-state index in [1.54, 1.807) is 24.3 Å². The van der Waals surface area contributed by atoms with Crippen molar-refractivity contribution in [2.75, 3.05) is 0 Å². The lowest BCUT2D eigenvalue weighted by Crippen LogP contribution is -2.22. The van der Waals surface area contributed by atoms with Crippen molar-refractivity contribution in [1.29, 1.82) is 0 Å². The summed E-state index contributed by atoms with van der Waals surface area (Å²) in [6.07, 6.45) is 0. The summed E-state index contributed by atoms with van der Waals surface area (Å²) in [6.45, 7) is 0.750. The molecule has 0 bridgehead atoms. The van der Waals surface area contributed by atoms with Gasteiger partial charge in [0.05, 0.1) is 0 Å². The van der Waals surface area contributed by atoms with Gasteiger partial charge in [0.1, 0.15) is 5.82 Å². The van der Waals surface area contributed by atoms with Gasteiger partial charge in [0, 0.05) is 18.7 Å². The first-order valence-electron chi connectivity index (χ1n) is 6.00. The Bertz CT molecular complexity index is 567. The van der Waals surface area contributed by atoms with Crippen LogP contribution >= 0.6 is 0 Å². The second kappa shape index (κ2) is 6.11.